The van der Waals surface area contributed by atoms with Crippen molar-refractivity contribution < 1.29 is 8.42 Å². The van der Waals surface area contributed by atoms with E-state index in [4.69, 9.17) is 0 Å². The first-order chi connectivity index (χ1) is 7.90. The molecule has 1 aromatic rings. The molecule has 1 aliphatic rings. The average molecular weight is 476 g/mol. The van der Waals surface area contributed by atoms with Crippen LogP contribution in [0.25, 0.3) is 0 Å². The van der Waals surface area contributed by atoms with Crippen molar-refractivity contribution in [1.82, 2.24) is 0 Å². The van der Waals surface area contributed by atoms with Gasteiger partial charge in [-0.05, 0) is 25.3 Å². The minimum atomic E-state index is -3.03. The molecule has 94 valence electrons. The summed E-state index contributed by atoms with van der Waals surface area (Å²) in [5, 5.41) is 0. The standard InChI is InChI=1S/C12H14I2O2S/c1-9-3-5-10(6-4-9)12(11(13)14)7-2-8-17(12,15)16/h3-6,11H,2,7-8H2,1H3. The second-order valence-corrected chi connectivity index (χ2v) is 11.7. The van der Waals surface area contributed by atoms with Crippen LogP contribution in [-0.2, 0) is 14.6 Å². The number of benzene rings is 1. The van der Waals surface area contributed by atoms with Crippen LogP contribution in [0.15, 0.2) is 24.3 Å². The van der Waals surface area contributed by atoms with Gasteiger partial charge in [0.25, 0.3) is 0 Å². The quantitative estimate of drug-likeness (QED) is 0.484. The first-order valence-corrected chi connectivity index (χ1v) is 9.62. The highest BCUT2D eigenvalue weighted by atomic mass is 127. The molecule has 0 amide bonds. The van der Waals surface area contributed by atoms with Crippen molar-refractivity contribution in [3.05, 3.63) is 35.4 Å². The molecule has 2 rings (SSSR count). The van der Waals surface area contributed by atoms with Crippen LogP contribution in [0.1, 0.15) is 24.0 Å². The lowest BCUT2D eigenvalue weighted by atomic mass is 9.95. The van der Waals surface area contributed by atoms with Crippen LogP contribution in [0, 0.1) is 6.92 Å². The summed E-state index contributed by atoms with van der Waals surface area (Å²) in [5.74, 6) is 0.323. The van der Waals surface area contributed by atoms with E-state index < -0.39 is 14.6 Å². The van der Waals surface area contributed by atoms with Crippen LogP contribution in [0.5, 0.6) is 0 Å². The Morgan fingerprint density at radius 3 is 2.24 bits per heavy atom. The fourth-order valence-corrected chi connectivity index (χ4v) is 8.17. The van der Waals surface area contributed by atoms with Gasteiger partial charge in [-0.25, -0.2) is 8.42 Å². The summed E-state index contributed by atoms with van der Waals surface area (Å²) in [6.45, 7) is 2.02. The van der Waals surface area contributed by atoms with E-state index in [0.29, 0.717) is 5.75 Å². The summed E-state index contributed by atoms with van der Waals surface area (Å²) >= 11 is 4.48. The van der Waals surface area contributed by atoms with E-state index in [2.05, 4.69) is 45.2 Å². The topological polar surface area (TPSA) is 34.1 Å². The molecule has 17 heavy (non-hydrogen) atoms. The number of rotatable bonds is 2. The minimum absolute atomic E-state index is 0.0629. The Balaban J connectivity index is 2.61. The van der Waals surface area contributed by atoms with Crippen LogP contribution < -0.4 is 0 Å². The lowest BCUT2D eigenvalue weighted by Gasteiger charge is -2.30. The molecule has 1 fully saturated rings. The highest BCUT2D eigenvalue weighted by Crippen LogP contribution is 2.49. The monoisotopic (exact) mass is 476 g/mol. The molecule has 0 spiro atoms. The number of sulfone groups is 1. The molecular formula is C12H14I2O2S. The summed E-state index contributed by atoms with van der Waals surface area (Å²) in [7, 11) is -3.03. The third kappa shape index (κ3) is 2.27. The van der Waals surface area contributed by atoms with Gasteiger partial charge in [-0.3, -0.25) is 0 Å². The highest BCUT2D eigenvalue weighted by Gasteiger charge is 2.52. The largest absolute Gasteiger partial charge is 0.228 e. The molecular weight excluding hydrogens is 462 g/mol. The Hall–Kier alpha value is 0.630. The van der Waals surface area contributed by atoms with Gasteiger partial charge in [0.1, 0.15) is 4.75 Å². The van der Waals surface area contributed by atoms with Gasteiger partial charge < -0.3 is 0 Å². The lowest BCUT2D eigenvalue weighted by Crippen LogP contribution is -2.37. The molecule has 0 bridgehead atoms. The minimum Gasteiger partial charge on any atom is -0.228 e. The van der Waals surface area contributed by atoms with Gasteiger partial charge in [-0.1, -0.05) is 75.0 Å². The molecule has 2 nitrogen and oxygen atoms in total. The number of hydrogen-bond acceptors (Lipinski definition) is 2. The molecule has 1 heterocycles. The Labute approximate surface area is 130 Å². The lowest BCUT2D eigenvalue weighted by molar-refractivity contribution is 0.553. The van der Waals surface area contributed by atoms with Gasteiger partial charge in [-0.15, -0.1) is 0 Å². The Bertz CT molecular complexity index is 508. The Morgan fingerprint density at radius 1 is 1.24 bits per heavy atom. The third-order valence-corrected chi connectivity index (χ3v) is 8.99. The van der Waals surface area contributed by atoms with E-state index in [1.165, 1.54) is 0 Å². The third-order valence-electron chi connectivity index (χ3n) is 3.41. The maximum atomic E-state index is 12.4. The van der Waals surface area contributed by atoms with E-state index in [1.54, 1.807) is 0 Å². The van der Waals surface area contributed by atoms with Crippen LogP contribution >= 0.6 is 45.2 Å². The molecule has 1 atom stereocenters. The van der Waals surface area contributed by atoms with Crippen LogP contribution in [0.2, 0.25) is 0 Å². The first-order valence-electron chi connectivity index (χ1n) is 5.48. The van der Waals surface area contributed by atoms with Gasteiger partial charge in [0.05, 0.1) is 7.68 Å². The number of aryl methyl sites for hydroxylation is 1. The zero-order valence-corrected chi connectivity index (χ0v) is 14.6. The zero-order chi connectivity index (χ0) is 12.7. The van der Waals surface area contributed by atoms with Crippen LogP contribution in [0.4, 0.5) is 0 Å². The molecule has 1 aliphatic heterocycles. The van der Waals surface area contributed by atoms with Crippen LogP contribution in [-0.4, -0.2) is 16.1 Å². The molecule has 0 aliphatic carbocycles. The van der Waals surface area contributed by atoms with Gasteiger partial charge >= 0.3 is 0 Å². The van der Waals surface area contributed by atoms with E-state index >= 15 is 0 Å². The summed E-state index contributed by atoms with van der Waals surface area (Å²) in [6, 6.07) is 7.95. The SMILES string of the molecule is Cc1ccc(C2(C(I)I)CCCS2(=O)=O)cc1. The summed E-state index contributed by atoms with van der Waals surface area (Å²) in [6.07, 6.45) is 1.52. The fourth-order valence-electron chi connectivity index (χ4n) is 2.39. The van der Waals surface area contributed by atoms with E-state index in [9.17, 15) is 8.42 Å². The average Bonchev–Trinajstić information content (AvgIpc) is 2.56. The van der Waals surface area contributed by atoms with Gasteiger partial charge in [-0.2, -0.15) is 0 Å². The second kappa shape index (κ2) is 4.96. The van der Waals surface area contributed by atoms with Gasteiger partial charge in [0, 0.05) is 0 Å². The summed E-state index contributed by atoms with van der Waals surface area (Å²) in [4.78, 5) is 0. The smallest absolute Gasteiger partial charge is 0.161 e. The van der Waals surface area contributed by atoms with Crippen molar-refractivity contribution in [3.8, 4) is 0 Å². The van der Waals surface area contributed by atoms with Crippen molar-refractivity contribution in [3.63, 3.8) is 0 Å². The van der Waals surface area contributed by atoms with Crippen molar-refractivity contribution in [2.75, 3.05) is 5.75 Å². The van der Waals surface area contributed by atoms with Gasteiger partial charge in [0.15, 0.2) is 9.84 Å². The van der Waals surface area contributed by atoms with Crippen LogP contribution in [0.3, 0.4) is 0 Å². The predicted molar refractivity (Wildman–Crippen MR) is 87.7 cm³/mol. The number of halogens is 2. The molecule has 1 aromatic carbocycles. The number of alkyl halides is 2. The zero-order valence-electron chi connectivity index (χ0n) is 9.49. The Morgan fingerprint density at radius 2 is 1.82 bits per heavy atom. The maximum Gasteiger partial charge on any atom is 0.161 e. The highest BCUT2D eigenvalue weighted by molar-refractivity contribution is 14.2. The molecule has 5 heteroatoms. The molecule has 0 radical (unpaired) electrons. The molecule has 1 unspecified atom stereocenters. The van der Waals surface area contributed by atoms with Gasteiger partial charge in [0.2, 0.25) is 0 Å². The van der Waals surface area contributed by atoms with E-state index in [0.717, 1.165) is 24.0 Å². The fraction of sp³-hybridized carbons (Fsp3) is 0.500. The van der Waals surface area contributed by atoms with E-state index in [1.807, 2.05) is 31.2 Å². The second-order valence-electron chi connectivity index (χ2n) is 4.48. The van der Waals surface area contributed by atoms with Crippen molar-refractivity contribution in [2.24, 2.45) is 0 Å². The maximum absolute atomic E-state index is 12.4. The van der Waals surface area contributed by atoms with Crippen molar-refractivity contribution >= 4 is 55.0 Å². The first kappa shape index (κ1) is 14.0. The summed E-state index contributed by atoms with van der Waals surface area (Å²) < 4.78 is 24.2. The predicted octanol–water partition coefficient (Wildman–Crippen LogP) is 3.60. The number of hydrogen-bond donors (Lipinski definition) is 0. The molecule has 0 saturated carbocycles. The summed E-state index contributed by atoms with van der Waals surface area (Å²) in [5.41, 5.74) is 2.12. The molecule has 0 N–H and O–H groups in total. The van der Waals surface area contributed by atoms with E-state index in [-0.39, 0.29) is 1.93 Å². The van der Waals surface area contributed by atoms with Crippen molar-refractivity contribution in [1.29, 1.82) is 0 Å². The molecule has 1 saturated heterocycles. The van der Waals surface area contributed by atoms with Crippen molar-refractivity contribution in [2.45, 2.75) is 26.4 Å². The molecule has 0 aromatic heterocycles. The Kier molecular flexibility index (Phi) is 4.10. The normalized spacial score (nSPS) is 27.5.